The fourth-order valence-electron chi connectivity index (χ4n) is 2.32. The summed E-state index contributed by atoms with van der Waals surface area (Å²) in [6.45, 7) is 0. The number of nitrogens with one attached hydrogen (secondary N) is 2. The Labute approximate surface area is 166 Å². The Morgan fingerprint density at radius 2 is 1.71 bits per heavy atom. The summed E-state index contributed by atoms with van der Waals surface area (Å²) < 4.78 is 41.3. The average molecular weight is 452 g/mol. The third kappa shape index (κ3) is 5.23. The van der Waals surface area contributed by atoms with Crippen LogP contribution in [0, 0.1) is 0 Å². The largest absolute Gasteiger partial charge is 0.573 e. The number of para-hydroxylation sites is 1. The molecule has 0 aliphatic carbocycles. The molecule has 0 fully saturated rings. The first kappa shape index (κ1) is 19.7. The van der Waals surface area contributed by atoms with Crippen LogP contribution in [-0.2, 0) is 0 Å². The Morgan fingerprint density at radius 1 is 1.00 bits per heavy atom. The molecule has 1 aromatic heterocycles. The molecule has 1 heterocycles. The quantitative estimate of drug-likeness (QED) is 0.519. The second-order valence-electron chi connectivity index (χ2n) is 5.53. The molecule has 0 saturated carbocycles. The summed E-state index contributed by atoms with van der Waals surface area (Å²) >= 11 is 3.36. The summed E-state index contributed by atoms with van der Waals surface area (Å²) in [6.07, 6.45) is -3.26. The van der Waals surface area contributed by atoms with E-state index in [1.165, 1.54) is 30.5 Å². The fourth-order valence-corrected chi connectivity index (χ4v) is 2.70. The number of ether oxygens (including phenoxy) is 1. The maximum absolute atomic E-state index is 12.6. The number of pyridine rings is 1. The normalized spacial score (nSPS) is 11.0. The zero-order chi connectivity index (χ0) is 20.1. The first-order valence-electron chi connectivity index (χ1n) is 7.95. The van der Waals surface area contributed by atoms with Gasteiger partial charge in [0.25, 0.3) is 5.91 Å². The van der Waals surface area contributed by atoms with Crippen LogP contribution in [-0.4, -0.2) is 17.3 Å². The standard InChI is InChI=1S/C19H13BrF3N3O2/c20-15-5-1-2-6-16(15)26-18(27)14-4-3-11-24-17(14)25-12-7-9-13(10-8-12)28-19(21,22)23/h1-11H,(H,24,25)(H,26,27). The topological polar surface area (TPSA) is 63.2 Å². The number of hydrogen-bond acceptors (Lipinski definition) is 4. The molecule has 1 amide bonds. The highest BCUT2D eigenvalue weighted by Gasteiger charge is 2.30. The van der Waals surface area contributed by atoms with Gasteiger partial charge in [-0.3, -0.25) is 4.79 Å². The highest BCUT2D eigenvalue weighted by atomic mass is 79.9. The van der Waals surface area contributed by atoms with Crippen molar-refractivity contribution in [3.05, 3.63) is 76.9 Å². The molecule has 9 heteroatoms. The smallest absolute Gasteiger partial charge is 0.406 e. The lowest BCUT2D eigenvalue weighted by Gasteiger charge is -2.13. The first-order chi connectivity index (χ1) is 13.3. The van der Waals surface area contributed by atoms with Gasteiger partial charge in [-0.1, -0.05) is 12.1 Å². The Morgan fingerprint density at radius 3 is 2.39 bits per heavy atom. The highest BCUT2D eigenvalue weighted by molar-refractivity contribution is 9.10. The van der Waals surface area contributed by atoms with Crippen molar-refractivity contribution in [2.45, 2.75) is 6.36 Å². The molecular formula is C19H13BrF3N3O2. The van der Waals surface area contributed by atoms with Crippen LogP contribution in [0.1, 0.15) is 10.4 Å². The molecule has 0 bridgehead atoms. The number of rotatable bonds is 5. The highest BCUT2D eigenvalue weighted by Crippen LogP contribution is 2.27. The fraction of sp³-hybridized carbons (Fsp3) is 0.0526. The molecule has 0 radical (unpaired) electrons. The monoisotopic (exact) mass is 451 g/mol. The van der Waals surface area contributed by atoms with Gasteiger partial charge in [-0.05, 0) is 64.5 Å². The van der Waals surface area contributed by atoms with Crippen LogP contribution >= 0.6 is 15.9 Å². The number of benzene rings is 2. The molecule has 0 saturated heterocycles. The molecule has 0 aliphatic heterocycles. The summed E-state index contributed by atoms with van der Waals surface area (Å²) in [5.74, 6) is -0.470. The van der Waals surface area contributed by atoms with E-state index < -0.39 is 6.36 Å². The molecule has 3 rings (SSSR count). The van der Waals surface area contributed by atoms with Crippen molar-refractivity contribution >= 4 is 39.0 Å². The number of carbonyl (C=O) groups excluding carboxylic acids is 1. The molecule has 0 aliphatic rings. The minimum Gasteiger partial charge on any atom is -0.406 e. The van der Waals surface area contributed by atoms with Gasteiger partial charge in [0.15, 0.2) is 0 Å². The van der Waals surface area contributed by atoms with E-state index in [0.717, 1.165) is 4.47 Å². The van der Waals surface area contributed by atoms with Crippen molar-refractivity contribution in [2.75, 3.05) is 10.6 Å². The van der Waals surface area contributed by atoms with E-state index in [1.54, 1.807) is 30.3 Å². The van der Waals surface area contributed by atoms with Crippen LogP contribution in [0.5, 0.6) is 5.75 Å². The van der Waals surface area contributed by atoms with E-state index in [2.05, 4.69) is 36.3 Å². The van der Waals surface area contributed by atoms with E-state index in [9.17, 15) is 18.0 Å². The lowest BCUT2D eigenvalue weighted by molar-refractivity contribution is -0.274. The summed E-state index contributed by atoms with van der Waals surface area (Å²) in [5, 5.41) is 5.70. The number of aromatic nitrogens is 1. The second-order valence-corrected chi connectivity index (χ2v) is 6.39. The molecule has 2 aromatic carbocycles. The molecule has 0 spiro atoms. The van der Waals surface area contributed by atoms with Gasteiger partial charge in [0.1, 0.15) is 11.6 Å². The number of alkyl halides is 3. The Balaban J connectivity index is 1.77. The van der Waals surface area contributed by atoms with Gasteiger partial charge in [0.2, 0.25) is 0 Å². The van der Waals surface area contributed by atoms with Gasteiger partial charge >= 0.3 is 6.36 Å². The van der Waals surface area contributed by atoms with Crippen molar-refractivity contribution in [2.24, 2.45) is 0 Å². The Bertz CT molecular complexity index is 979. The zero-order valence-electron chi connectivity index (χ0n) is 14.1. The van der Waals surface area contributed by atoms with Gasteiger partial charge < -0.3 is 15.4 Å². The minimum absolute atomic E-state index is 0.261. The second kappa shape index (κ2) is 8.30. The lowest BCUT2D eigenvalue weighted by Crippen LogP contribution is -2.17. The van der Waals surface area contributed by atoms with Gasteiger partial charge in [-0.15, -0.1) is 13.2 Å². The average Bonchev–Trinajstić information content (AvgIpc) is 2.64. The molecular weight excluding hydrogens is 439 g/mol. The number of halogens is 4. The van der Waals surface area contributed by atoms with Crippen LogP contribution in [0.2, 0.25) is 0 Å². The summed E-state index contributed by atoms with van der Waals surface area (Å²) in [4.78, 5) is 16.8. The van der Waals surface area contributed by atoms with E-state index in [-0.39, 0.29) is 23.0 Å². The van der Waals surface area contributed by atoms with E-state index in [0.29, 0.717) is 11.4 Å². The van der Waals surface area contributed by atoms with E-state index in [4.69, 9.17) is 0 Å². The summed E-state index contributed by atoms with van der Waals surface area (Å²) in [6, 6.07) is 15.5. The number of hydrogen-bond donors (Lipinski definition) is 2. The maximum Gasteiger partial charge on any atom is 0.573 e. The van der Waals surface area contributed by atoms with E-state index in [1.807, 2.05) is 6.07 Å². The van der Waals surface area contributed by atoms with Crippen LogP contribution in [0.25, 0.3) is 0 Å². The Kier molecular flexibility index (Phi) is 5.84. The number of anilines is 3. The summed E-state index contributed by atoms with van der Waals surface area (Å²) in [5.41, 5.74) is 1.31. The van der Waals surface area contributed by atoms with Gasteiger partial charge in [-0.25, -0.2) is 4.98 Å². The van der Waals surface area contributed by atoms with Crippen molar-refractivity contribution in [3.8, 4) is 5.75 Å². The Hall–Kier alpha value is -3.07. The van der Waals surface area contributed by atoms with Gasteiger partial charge in [0.05, 0.1) is 11.3 Å². The molecule has 144 valence electrons. The molecule has 3 aromatic rings. The van der Waals surface area contributed by atoms with Crippen molar-refractivity contribution in [3.63, 3.8) is 0 Å². The molecule has 5 nitrogen and oxygen atoms in total. The predicted octanol–water partition coefficient (Wildman–Crippen LogP) is 5.74. The predicted molar refractivity (Wildman–Crippen MR) is 103 cm³/mol. The van der Waals surface area contributed by atoms with Crippen molar-refractivity contribution in [1.29, 1.82) is 0 Å². The lowest BCUT2D eigenvalue weighted by atomic mass is 10.2. The van der Waals surface area contributed by atoms with Crippen LogP contribution in [0.3, 0.4) is 0 Å². The third-order valence-corrected chi connectivity index (χ3v) is 4.22. The van der Waals surface area contributed by atoms with Crippen molar-refractivity contribution < 1.29 is 22.7 Å². The van der Waals surface area contributed by atoms with Crippen molar-refractivity contribution in [1.82, 2.24) is 4.98 Å². The van der Waals surface area contributed by atoms with Gasteiger partial charge in [-0.2, -0.15) is 0 Å². The molecule has 0 atom stereocenters. The van der Waals surface area contributed by atoms with Gasteiger partial charge in [0, 0.05) is 16.4 Å². The molecule has 2 N–H and O–H groups in total. The number of amides is 1. The summed E-state index contributed by atoms with van der Waals surface area (Å²) in [7, 11) is 0. The first-order valence-corrected chi connectivity index (χ1v) is 8.75. The zero-order valence-corrected chi connectivity index (χ0v) is 15.7. The van der Waals surface area contributed by atoms with Crippen LogP contribution in [0.15, 0.2) is 71.3 Å². The molecule has 28 heavy (non-hydrogen) atoms. The van der Waals surface area contributed by atoms with Crippen LogP contribution in [0.4, 0.5) is 30.4 Å². The SMILES string of the molecule is O=C(Nc1ccccc1Br)c1cccnc1Nc1ccc(OC(F)(F)F)cc1. The maximum atomic E-state index is 12.6. The molecule has 0 unspecified atom stereocenters. The van der Waals surface area contributed by atoms with Crippen LogP contribution < -0.4 is 15.4 Å². The third-order valence-electron chi connectivity index (χ3n) is 3.53. The number of nitrogens with zero attached hydrogens (tertiary/aromatic N) is 1. The van der Waals surface area contributed by atoms with E-state index >= 15 is 0 Å². The number of carbonyl (C=O) groups is 1. The minimum atomic E-state index is -4.76.